The summed E-state index contributed by atoms with van der Waals surface area (Å²) in [4.78, 5) is 9.77. The van der Waals surface area contributed by atoms with E-state index in [1.165, 1.54) is 31.6 Å². The molecule has 4 aromatic heterocycles. The Morgan fingerprint density at radius 2 is 0.770 bits per heavy atom. The number of furan rings is 2. The number of fused-ring (bicyclic) bond motifs is 11. The minimum absolute atomic E-state index is 0.835. The summed E-state index contributed by atoms with van der Waals surface area (Å²) >= 11 is 1.79. The summed E-state index contributed by atoms with van der Waals surface area (Å²) in [6.07, 6.45) is 2.04. The minimum atomic E-state index is 0.835. The third-order valence-corrected chi connectivity index (χ3v) is 13.2. The highest BCUT2D eigenvalue weighted by Gasteiger charge is 2.21. The minimum Gasteiger partial charge on any atom is -0.456 e. The van der Waals surface area contributed by atoms with Gasteiger partial charge in [0.1, 0.15) is 28.1 Å². The highest BCUT2D eigenvalue weighted by atomic mass is 32.1. The number of anilines is 6. The van der Waals surface area contributed by atoms with Gasteiger partial charge in [-0.15, -0.1) is 11.3 Å². The second-order valence-corrected chi connectivity index (χ2v) is 16.7. The van der Waals surface area contributed by atoms with E-state index in [0.29, 0.717) is 0 Å². The first-order valence-corrected chi connectivity index (χ1v) is 21.2. The zero-order valence-corrected chi connectivity index (χ0v) is 33.4. The average Bonchev–Trinajstić information content (AvgIpc) is 3.99. The first-order valence-electron chi connectivity index (χ1n) is 20.4. The van der Waals surface area contributed by atoms with E-state index < -0.39 is 0 Å². The van der Waals surface area contributed by atoms with E-state index in [2.05, 4.69) is 180 Å². The number of thiophene rings is 1. The molecule has 0 fully saturated rings. The van der Waals surface area contributed by atoms with Crippen molar-refractivity contribution in [1.82, 2.24) is 4.98 Å². The lowest BCUT2D eigenvalue weighted by Gasteiger charge is -2.26. The molecule has 0 atom stereocenters. The largest absolute Gasteiger partial charge is 0.456 e. The van der Waals surface area contributed by atoms with Gasteiger partial charge in [-0.25, -0.2) is 4.98 Å². The van der Waals surface area contributed by atoms with Crippen LogP contribution in [0.4, 0.5) is 34.3 Å². The number of pyridine rings is 1. The third kappa shape index (κ3) is 5.50. The van der Waals surface area contributed by atoms with Crippen molar-refractivity contribution >= 4 is 131 Å². The zero-order valence-electron chi connectivity index (χ0n) is 32.6. The Kier molecular flexibility index (Phi) is 7.41. The Bertz CT molecular complexity index is 3630. The van der Waals surface area contributed by atoms with Crippen molar-refractivity contribution in [3.8, 4) is 0 Å². The summed E-state index contributed by atoms with van der Waals surface area (Å²) in [5, 5.41) is 11.5. The van der Waals surface area contributed by atoms with Gasteiger partial charge in [-0.3, -0.25) is 4.90 Å². The fraction of sp³-hybridized carbons (Fsp3) is 0. The molecule has 0 amide bonds. The topological polar surface area (TPSA) is 45.7 Å². The van der Waals surface area contributed by atoms with Gasteiger partial charge in [0.05, 0.1) is 5.69 Å². The van der Waals surface area contributed by atoms with E-state index in [1.54, 1.807) is 11.3 Å². The quantitative estimate of drug-likeness (QED) is 0.168. The van der Waals surface area contributed by atoms with Crippen LogP contribution in [0.15, 0.2) is 209 Å². The molecule has 0 spiro atoms. The maximum Gasteiger partial charge on any atom is 0.138 e. The molecule has 0 saturated heterocycles. The molecule has 0 aliphatic heterocycles. The second-order valence-electron chi connectivity index (χ2n) is 15.6. The predicted octanol–water partition coefficient (Wildman–Crippen LogP) is 16.5. The Morgan fingerprint density at radius 3 is 1.39 bits per heavy atom. The summed E-state index contributed by atoms with van der Waals surface area (Å²) in [6, 6.07) is 68.8. The first kappa shape index (κ1) is 34.0. The maximum atomic E-state index is 6.40. The van der Waals surface area contributed by atoms with Gasteiger partial charge in [0.2, 0.25) is 0 Å². The van der Waals surface area contributed by atoms with Crippen LogP contribution in [0.25, 0.3) is 85.6 Å². The number of aromatic nitrogens is 1. The van der Waals surface area contributed by atoms with Gasteiger partial charge < -0.3 is 13.7 Å². The number of benzene rings is 9. The normalized spacial score (nSPS) is 11.9. The zero-order chi connectivity index (χ0) is 40.0. The summed E-state index contributed by atoms with van der Waals surface area (Å²) in [5.41, 5.74) is 8.64. The molecule has 6 heteroatoms. The number of nitrogens with zero attached hydrogens (tertiary/aromatic N) is 3. The monoisotopic (exact) mass is 799 g/mol. The van der Waals surface area contributed by atoms with Crippen LogP contribution in [0.1, 0.15) is 0 Å². The van der Waals surface area contributed by atoms with Gasteiger partial charge in [0.25, 0.3) is 0 Å². The van der Waals surface area contributed by atoms with Crippen LogP contribution >= 0.6 is 11.3 Å². The molecule has 286 valence electrons. The molecule has 0 aliphatic rings. The molecular weight excluding hydrogens is 767 g/mol. The standard InChI is InChI=1S/C55H33N3O2S/c1-3-11-36-27-38(19-17-34(36)9-1)57(40-21-24-45-43-13-5-7-15-49(43)59-51(45)29-40)42-23-26-47-48-33-56-55(32-54(48)61-53(47)31-42)58(39-20-18-35-10-2-4-12-37(35)28-39)41-22-25-46-44-14-6-8-16-50(44)60-52(46)30-41/h1-33H. The molecule has 0 radical (unpaired) electrons. The predicted molar refractivity (Wildman–Crippen MR) is 256 cm³/mol. The third-order valence-electron chi connectivity index (χ3n) is 12.0. The van der Waals surface area contributed by atoms with Crippen molar-refractivity contribution in [1.29, 1.82) is 0 Å². The maximum absolute atomic E-state index is 6.40. The van der Waals surface area contributed by atoms with Gasteiger partial charge >= 0.3 is 0 Å². The lowest BCUT2D eigenvalue weighted by molar-refractivity contribution is 0.668. The summed E-state index contributed by atoms with van der Waals surface area (Å²) in [6.45, 7) is 0. The van der Waals surface area contributed by atoms with Crippen LogP contribution in [0.3, 0.4) is 0 Å². The van der Waals surface area contributed by atoms with Crippen LogP contribution in [-0.4, -0.2) is 4.98 Å². The number of hydrogen-bond donors (Lipinski definition) is 0. The van der Waals surface area contributed by atoms with E-state index in [1.807, 2.05) is 30.5 Å². The molecule has 5 nitrogen and oxygen atoms in total. The average molecular weight is 800 g/mol. The number of rotatable bonds is 6. The van der Waals surface area contributed by atoms with Crippen LogP contribution in [0.5, 0.6) is 0 Å². The first-order chi connectivity index (χ1) is 30.2. The van der Waals surface area contributed by atoms with Gasteiger partial charge in [-0.05, 0) is 100 Å². The van der Waals surface area contributed by atoms with Crippen molar-refractivity contribution in [2.75, 3.05) is 9.80 Å². The SMILES string of the molecule is c1ccc2cc(N(c3ccc4c(c3)oc3ccccc34)c3ccc4c(c3)sc3cc(N(c5ccc6ccccc6c5)c5ccc6c(c5)oc5ccccc56)ncc34)ccc2c1. The molecule has 4 heterocycles. The van der Waals surface area contributed by atoms with Crippen molar-refractivity contribution in [3.05, 3.63) is 200 Å². The van der Waals surface area contributed by atoms with E-state index in [0.717, 1.165) is 88.2 Å². The lowest BCUT2D eigenvalue weighted by atomic mass is 10.1. The summed E-state index contributed by atoms with van der Waals surface area (Å²) in [7, 11) is 0. The highest BCUT2D eigenvalue weighted by Crippen LogP contribution is 2.45. The highest BCUT2D eigenvalue weighted by molar-refractivity contribution is 7.25. The van der Waals surface area contributed by atoms with Crippen molar-refractivity contribution < 1.29 is 8.83 Å². The van der Waals surface area contributed by atoms with E-state index in [-0.39, 0.29) is 0 Å². The Labute approximate surface area is 353 Å². The molecule has 13 aromatic rings. The van der Waals surface area contributed by atoms with Crippen LogP contribution in [0, 0.1) is 0 Å². The molecule has 0 saturated carbocycles. The smallest absolute Gasteiger partial charge is 0.138 e. The van der Waals surface area contributed by atoms with Crippen LogP contribution < -0.4 is 9.80 Å². The molecule has 0 unspecified atom stereocenters. The van der Waals surface area contributed by atoms with E-state index in [9.17, 15) is 0 Å². The Balaban J connectivity index is 0.961. The van der Waals surface area contributed by atoms with E-state index >= 15 is 0 Å². The molecule has 9 aromatic carbocycles. The van der Waals surface area contributed by atoms with Crippen LogP contribution in [0.2, 0.25) is 0 Å². The molecule has 0 aliphatic carbocycles. The van der Waals surface area contributed by atoms with Crippen molar-refractivity contribution in [2.45, 2.75) is 0 Å². The summed E-state index contributed by atoms with van der Waals surface area (Å²) in [5.74, 6) is 0.835. The molecule has 0 bridgehead atoms. The lowest BCUT2D eigenvalue weighted by Crippen LogP contribution is -2.11. The number of para-hydroxylation sites is 2. The van der Waals surface area contributed by atoms with Gasteiger partial charge in [-0.2, -0.15) is 0 Å². The fourth-order valence-electron chi connectivity index (χ4n) is 9.11. The Hall–Kier alpha value is -7.93. The van der Waals surface area contributed by atoms with Gasteiger partial charge in [0.15, 0.2) is 0 Å². The summed E-state index contributed by atoms with van der Waals surface area (Å²) < 4.78 is 15.1. The van der Waals surface area contributed by atoms with Gasteiger partial charge in [-0.1, -0.05) is 103 Å². The van der Waals surface area contributed by atoms with Crippen molar-refractivity contribution in [2.24, 2.45) is 0 Å². The molecule has 13 rings (SSSR count). The van der Waals surface area contributed by atoms with Crippen molar-refractivity contribution in [3.63, 3.8) is 0 Å². The van der Waals surface area contributed by atoms with Crippen LogP contribution in [-0.2, 0) is 0 Å². The molecule has 0 N–H and O–H groups in total. The van der Waals surface area contributed by atoms with E-state index in [4.69, 9.17) is 13.8 Å². The molecular formula is C55H33N3O2S. The molecule has 61 heavy (non-hydrogen) atoms. The van der Waals surface area contributed by atoms with Gasteiger partial charge in [0, 0.05) is 82.8 Å². The number of hydrogen-bond acceptors (Lipinski definition) is 6. The fourth-order valence-corrected chi connectivity index (χ4v) is 10.3. The second kappa shape index (κ2) is 13.3. The Morgan fingerprint density at radius 1 is 0.328 bits per heavy atom.